The van der Waals surface area contributed by atoms with Crippen molar-refractivity contribution in [2.75, 3.05) is 6.61 Å². The topological polar surface area (TPSA) is 72.2 Å². The number of benzene rings is 5. The molecule has 1 fully saturated rings. The first-order valence-electron chi connectivity index (χ1n) is 16.8. The van der Waals surface area contributed by atoms with Crippen LogP contribution < -0.4 is 0 Å². The Morgan fingerprint density at radius 2 is 0.878 bits per heavy atom. The Labute approximate surface area is 288 Å². The van der Waals surface area contributed by atoms with Gasteiger partial charge in [-0.15, -0.1) is 0 Å². The molecule has 7 heteroatoms. The van der Waals surface area contributed by atoms with Gasteiger partial charge in [-0.2, -0.15) is 0 Å². The molecule has 252 valence electrons. The Balaban J connectivity index is 1.32. The third kappa shape index (κ3) is 10.4. The van der Waals surface area contributed by atoms with E-state index >= 15 is 0 Å². The predicted molar refractivity (Wildman–Crippen MR) is 190 cm³/mol. The van der Waals surface area contributed by atoms with Crippen LogP contribution in [0.2, 0.25) is 0 Å². The lowest BCUT2D eigenvalue weighted by atomic mass is 9.94. The largest absolute Gasteiger partial charge is 0.624 e. The van der Waals surface area contributed by atoms with Gasteiger partial charge in [-0.05, 0) is 22.3 Å². The number of hydroxylamine groups is 1. The maximum Gasteiger partial charge on any atom is 0.183 e. The smallest absolute Gasteiger partial charge is 0.183 e. The number of ether oxygens (including phenoxy) is 5. The van der Waals surface area contributed by atoms with E-state index in [1.54, 1.807) is 6.21 Å². The van der Waals surface area contributed by atoms with Crippen molar-refractivity contribution in [3.05, 3.63) is 185 Å². The van der Waals surface area contributed by atoms with E-state index in [4.69, 9.17) is 23.7 Å². The summed E-state index contributed by atoms with van der Waals surface area (Å²) < 4.78 is 34.1. The highest BCUT2D eigenvalue weighted by Crippen LogP contribution is 2.31. The van der Waals surface area contributed by atoms with E-state index < -0.39 is 30.5 Å². The van der Waals surface area contributed by atoms with E-state index in [2.05, 4.69) is 0 Å². The van der Waals surface area contributed by atoms with Gasteiger partial charge in [0.15, 0.2) is 18.9 Å². The molecule has 5 aromatic rings. The second-order valence-corrected chi connectivity index (χ2v) is 12.1. The van der Waals surface area contributed by atoms with Crippen LogP contribution in [0, 0.1) is 5.21 Å². The van der Waals surface area contributed by atoms with Gasteiger partial charge in [0.05, 0.1) is 33.0 Å². The van der Waals surface area contributed by atoms with Crippen LogP contribution in [0.25, 0.3) is 0 Å². The van der Waals surface area contributed by atoms with E-state index in [0.29, 0.717) is 26.4 Å². The van der Waals surface area contributed by atoms with Crippen molar-refractivity contribution in [1.82, 2.24) is 0 Å². The Morgan fingerprint density at radius 1 is 0.490 bits per heavy atom. The van der Waals surface area contributed by atoms with Crippen LogP contribution in [0.4, 0.5) is 0 Å². The molecule has 0 bridgehead atoms. The number of rotatable bonds is 16. The minimum atomic E-state index is -0.743. The molecule has 0 unspecified atom stereocenters. The van der Waals surface area contributed by atoms with E-state index in [9.17, 15) is 5.21 Å². The minimum absolute atomic E-state index is 0.171. The van der Waals surface area contributed by atoms with Crippen LogP contribution in [-0.4, -0.2) is 48.1 Å². The lowest BCUT2D eigenvalue weighted by Crippen LogP contribution is -2.62. The molecule has 6 rings (SSSR count). The van der Waals surface area contributed by atoms with Gasteiger partial charge >= 0.3 is 0 Å². The summed E-state index contributed by atoms with van der Waals surface area (Å²) in [6, 6.07) is 49.7. The molecule has 1 saturated heterocycles. The van der Waals surface area contributed by atoms with Gasteiger partial charge in [-0.3, -0.25) is 0 Å². The van der Waals surface area contributed by atoms with Crippen molar-refractivity contribution < 1.29 is 28.4 Å². The maximum absolute atomic E-state index is 13.5. The van der Waals surface area contributed by atoms with Crippen molar-refractivity contribution in [3.8, 4) is 0 Å². The zero-order valence-electron chi connectivity index (χ0n) is 27.5. The molecule has 1 aliphatic heterocycles. The SMILES string of the molecule is [O-]/[N+](=C\[C@H]1O[C@H](COCc2ccccc2)[C@H](OCc2ccccc2)[C@H](OCc2ccccc2)[C@H]1OCc1ccccc1)Cc1ccccc1. The van der Waals surface area contributed by atoms with Crippen LogP contribution in [0.1, 0.15) is 27.8 Å². The Kier molecular flexibility index (Phi) is 12.7. The molecule has 5 atom stereocenters. The highest BCUT2D eigenvalue weighted by atomic mass is 16.6. The lowest BCUT2D eigenvalue weighted by Gasteiger charge is -2.44. The average Bonchev–Trinajstić information content (AvgIpc) is 3.15. The molecule has 0 aromatic heterocycles. The van der Waals surface area contributed by atoms with Crippen LogP contribution >= 0.6 is 0 Å². The molecule has 1 aliphatic rings. The fourth-order valence-corrected chi connectivity index (χ4v) is 5.92. The molecule has 0 N–H and O–H groups in total. The molecule has 0 amide bonds. The van der Waals surface area contributed by atoms with Crippen LogP contribution in [0.5, 0.6) is 0 Å². The number of hydrogen-bond acceptors (Lipinski definition) is 6. The second kappa shape index (κ2) is 18.2. The average molecular weight is 658 g/mol. The summed E-state index contributed by atoms with van der Waals surface area (Å²) in [5, 5.41) is 13.5. The van der Waals surface area contributed by atoms with Gasteiger partial charge < -0.3 is 28.9 Å². The molecule has 1 heterocycles. The highest BCUT2D eigenvalue weighted by Gasteiger charge is 2.49. The summed E-state index contributed by atoms with van der Waals surface area (Å²) in [6.07, 6.45) is -1.57. The fourth-order valence-electron chi connectivity index (χ4n) is 5.92. The molecule has 49 heavy (non-hydrogen) atoms. The monoisotopic (exact) mass is 657 g/mol. The minimum Gasteiger partial charge on any atom is -0.624 e. The Bertz CT molecular complexity index is 1670. The third-order valence-corrected chi connectivity index (χ3v) is 8.41. The fraction of sp³-hybridized carbons (Fsp3) is 0.262. The normalized spacial score (nSPS) is 21.0. The first-order chi connectivity index (χ1) is 24.2. The first-order valence-corrected chi connectivity index (χ1v) is 16.8. The van der Waals surface area contributed by atoms with Crippen molar-refractivity contribution in [1.29, 1.82) is 0 Å². The van der Waals surface area contributed by atoms with Crippen molar-refractivity contribution in [2.24, 2.45) is 0 Å². The standard InChI is InChI=1S/C42H43NO6/c44-43(26-33-16-6-1-7-17-33)27-38-40(46-29-35-20-10-3-11-21-35)42(48-31-37-24-14-5-15-25-37)41(47-30-36-22-12-4-13-23-36)39(49-38)32-45-28-34-18-8-2-9-19-34/h1-25,27,38-42H,26,28-32H2/b43-27-/t38-,39-,40+,41+,42-/m1/s1. The molecule has 0 aliphatic carbocycles. The van der Waals surface area contributed by atoms with Gasteiger partial charge in [0.2, 0.25) is 0 Å². The molecule has 7 nitrogen and oxygen atoms in total. The summed E-state index contributed by atoms with van der Waals surface area (Å²) in [4.78, 5) is 0. The number of nitrogens with zero attached hydrogens (tertiary/aromatic N) is 1. The van der Waals surface area contributed by atoms with Crippen LogP contribution in [0.15, 0.2) is 152 Å². The van der Waals surface area contributed by atoms with E-state index in [1.807, 2.05) is 152 Å². The summed E-state index contributed by atoms with van der Waals surface area (Å²) in [6.45, 7) is 1.79. The van der Waals surface area contributed by atoms with Crippen molar-refractivity contribution in [3.63, 3.8) is 0 Å². The summed E-state index contributed by atoms with van der Waals surface area (Å²) in [5.74, 6) is 0. The quantitative estimate of drug-likeness (QED) is 0.0474. The van der Waals surface area contributed by atoms with Gasteiger partial charge in [0.1, 0.15) is 24.4 Å². The van der Waals surface area contributed by atoms with Crippen molar-refractivity contribution in [2.45, 2.75) is 63.5 Å². The number of hydrogen-bond donors (Lipinski definition) is 0. The molecule has 5 aromatic carbocycles. The zero-order chi connectivity index (χ0) is 33.5. The lowest BCUT2D eigenvalue weighted by molar-refractivity contribution is -0.474. The maximum atomic E-state index is 13.5. The van der Waals surface area contributed by atoms with Crippen LogP contribution in [-0.2, 0) is 56.7 Å². The van der Waals surface area contributed by atoms with Crippen molar-refractivity contribution >= 4 is 6.21 Å². The summed E-state index contributed by atoms with van der Waals surface area (Å²) >= 11 is 0. The molecule has 0 saturated carbocycles. The zero-order valence-corrected chi connectivity index (χ0v) is 27.5. The highest BCUT2D eigenvalue weighted by molar-refractivity contribution is 5.59. The third-order valence-electron chi connectivity index (χ3n) is 8.41. The summed E-state index contributed by atoms with van der Waals surface area (Å²) in [5.41, 5.74) is 5.00. The second-order valence-electron chi connectivity index (χ2n) is 12.1. The molecule has 0 spiro atoms. The molecule has 0 radical (unpaired) electrons. The van der Waals surface area contributed by atoms with Crippen LogP contribution in [0.3, 0.4) is 0 Å². The predicted octanol–water partition coefficient (Wildman–Crippen LogP) is 7.51. The van der Waals surface area contributed by atoms with E-state index in [1.165, 1.54) is 0 Å². The van der Waals surface area contributed by atoms with Gasteiger partial charge in [0.25, 0.3) is 0 Å². The van der Waals surface area contributed by atoms with Gasteiger partial charge in [-0.25, -0.2) is 4.74 Å². The van der Waals surface area contributed by atoms with E-state index in [-0.39, 0.29) is 13.2 Å². The molecular formula is C42H43NO6. The molecular weight excluding hydrogens is 614 g/mol. The van der Waals surface area contributed by atoms with Gasteiger partial charge in [-0.1, -0.05) is 152 Å². The van der Waals surface area contributed by atoms with Gasteiger partial charge in [0, 0.05) is 5.56 Å². The van der Waals surface area contributed by atoms with E-state index in [0.717, 1.165) is 32.6 Å². The Morgan fingerprint density at radius 3 is 1.35 bits per heavy atom. The Hall–Kier alpha value is -4.63. The summed E-state index contributed by atoms with van der Waals surface area (Å²) in [7, 11) is 0. The first kappa shape index (κ1) is 34.2.